The molecule has 1 saturated carbocycles. The van der Waals surface area contributed by atoms with Gasteiger partial charge in [0.1, 0.15) is 18.3 Å². The van der Waals surface area contributed by atoms with Crippen molar-refractivity contribution in [2.24, 2.45) is 5.92 Å². The Morgan fingerprint density at radius 2 is 1.95 bits per heavy atom. The first-order valence-electron chi connectivity index (χ1n) is 13.6. The Morgan fingerprint density at radius 3 is 2.58 bits per heavy atom. The van der Waals surface area contributed by atoms with Gasteiger partial charge in [0, 0.05) is 59.5 Å². The largest absolute Gasteiger partial charge is 0.477 e. The highest BCUT2D eigenvalue weighted by Gasteiger charge is 2.45. The van der Waals surface area contributed by atoms with Crippen LogP contribution in [0.25, 0.3) is 0 Å². The molecule has 1 aromatic carbocycles. The van der Waals surface area contributed by atoms with Crippen LogP contribution in [-0.4, -0.2) is 37.6 Å². The molecule has 0 spiro atoms. The van der Waals surface area contributed by atoms with Crippen LogP contribution in [0.1, 0.15) is 74.6 Å². The average molecular weight is 576 g/mol. The maximum atomic E-state index is 13.3. The minimum Gasteiger partial charge on any atom is -0.477 e. The van der Waals surface area contributed by atoms with E-state index < -0.39 is 15.9 Å². The summed E-state index contributed by atoms with van der Waals surface area (Å²) >= 11 is 0. The fraction of sp³-hybridized carbons (Fsp3) is 0.517. The SMILES string of the molecule is Cc1c(NS(=O)(=O)c2ccc3c(c2)C[NH+](C(C)c2ccc(OCC4CC(F)(F)C4)nc2)CC3)noc1C(C)(C)C. The molecule has 3 heterocycles. The number of benzene rings is 1. The normalized spacial score (nSPS) is 19.9. The van der Waals surface area contributed by atoms with Crippen LogP contribution in [0, 0.1) is 12.8 Å². The molecule has 3 aromatic rings. The van der Waals surface area contributed by atoms with Gasteiger partial charge in [0.25, 0.3) is 10.0 Å². The van der Waals surface area contributed by atoms with Crippen molar-refractivity contribution in [2.45, 2.75) is 82.7 Å². The lowest BCUT2D eigenvalue weighted by Crippen LogP contribution is -3.11. The molecule has 216 valence electrons. The molecule has 0 bridgehead atoms. The van der Waals surface area contributed by atoms with E-state index in [1.165, 1.54) is 4.90 Å². The number of ether oxygens (including phenoxy) is 1. The molecular weight excluding hydrogens is 538 g/mol. The fourth-order valence-corrected chi connectivity index (χ4v) is 6.67. The van der Waals surface area contributed by atoms with Crippen LogP contribution >= 0.6 is 0 Å². The summed E-state index contributed by atoms with van der Waals surface area (Å²) < 4.78 is 66.2. The van der Waals surface area contributed by atoms with Crippen LogP contribution in [0.5, 0.6) is 5.88 Å². The summed E-state index contributed by atoms with van der Waals surface area (Å²) in [5.74, 6) is -1.40. The van der Waals surface area contributed by atoms with Gasteiger partial charge in [-0.15, -0.1) is 0 Å². The molecule has 2 atom stereocenters. The molecule has 5 rings (SSSR count). The molecule has 0 saturated heterocycles. The first-order valence-corrected chi connectivity index (χ1v) is 15.1. The molecule has 1 aliphatic carbocycles. The molecule has 11 heteroatoms. The number of sulfonamides is 1. The highest BCUT2D eigenvalue weighted by atomic mass is 32.2. The summed E-state index contributed by atoms with van der Waals surface area (Å²) in [5, 5.41) is 3.97. The number of nitrogens with zero attached hydrogens (tertiary/aromatic N) is 2. The summed E-state index contributed by atoms with van der Waals surface area (Å²) in [4.78, 5) is 5.87. The number of hydrogen-bond donors (Lipinski definition) is 2. The number of anilines is 1. The van der Waals surface area contributed by atoms with Crippen molar-refractivity contribution < 1.29 is 31.4 Å². The lowest BCUT2D eigenvalue weighted by Gasteiger charge is -2.34. The quantitative estimate of drug-likeness (QED) is 0.407. The van der Waals surface area contributed by atoms with E-state index in [9.17, 15) is 17.2 Å². The lowest BCUT2D eigenvalue weighted by atomic mass is 9.82. The van der Waals surface area contributed by atoms with Crippen LogP contribution in [0.15, 0.2) is 45.9 Å². The van der Waals surface area contributed by atoms with Crippen molar-refractivity contribution in [3.8, 4) is 5.88 Å². The minimum atomic E-state index is -3.86. The summed E-state index contributed by atoms with van der Waals surface area (Å²) in [6.45, 7) is 11.7. The van der Waals surface area contributed by atoms with Crippen LogP contribution in [0.3, 0.4) is 0 Å². The number of alkyl halides is 2. The standard InChI is InChI=1S/C29H36F2N4O4S/c1-18-26(28(3,4)5)39-33-27(18)34-40(36,37)24-8-6-21-10-11-35(16-23(21)12-24)19(2)22-7-9-25(32-15-22)38-17-20-13-29(30,31)14-20/h6-9,12,15,19-20H,10-11,13-14,16-17H2,1-5H3,(H,33,34)/p+1. The minimum absolute atomic E-state index is 0.118. The average Bonchev–Trinajstić information content (AvgIpc) is 3.25. The fourth-order valence-electron chi connectivity index (χ4n) is 5.57. The Kier molecular flexibility index (Phi) is 7.41. The van der Waals surface area contributed by atoms with Crippen LogP contribution in [0.4, 0.5) is 14.6 Å². The maximum absolute atomic E-state index is 13.3. The molecule has 0 amide bonds. The number of pyridine rings is 1. The molecule has 2 N–H and O–H groups in total. The second kappa shape index (κ2) is 10.4. The molecule has 2 unspecified atom stereocenters. The summed E-state index contributed by atoms with van der Waals surface area (Å²) in [6, 6.07) is 9.15. The van der Waals surface area contributed by atoms with Crippen molar-refractivity contribution in [2.75, 3.05) is 17.9 Å². The van der Waals surface area contributed by atoms with Crippen molar-refractivity contribution >= 4 is 15.8 Å². The number of nitrogens with one attached hydrogen (secondary N) is 2. The molecular formula is C29H37F2N4O4S+. The maximum Gasteiger partial charge on any atom is 0.263 e. The van der Waals surface area contributed by atoms with Gasteiger partial charge in [-0.25, -0.2) is 22.2 Å². The Hall–Kier alpha value is -3.05. The second-order valence-corrected chi connectivity index (χ2v) is 13.9. The highest BCUT2D eigenvalue weighted by molar-refractivity contribution is 7.92. The van der Waals surface area contributed by atoms with Gasteiger partial charge in [-0.2, -0.15) is 0 Å². The number of halogens is 2. The Labute approximate surface area is 234 Å². The highest BCUT2D eigenvalue weighted by Crippen LogP contribution is 2.42. The first-order chi connectivity index (χ1) is 18.7. The molecule has 0 radical (unpaired) electrons. The predicted octanol–water partition coefficient (Wildman–Crippen LogP) is 4.60. The third-order valence-corrected chi connectivity index (χ3v) is 9.31. The number of quaternary nitrogens is 1. The number of hydrogen-bond acceptors (Lipinski definition) is 6. The van der Waals surface area contributed by atoms with Gasteiger partial charge in [0.15, 0.2) is 5.82 Å². The van der Waals surface area contributed by atoms with E-state index in [1.54, 1.807) is 31.3 Å². The number of rotatable bonds is 8. The summed E-state index contributed by atoms with van der Waals surface area (Å²) in [6.07, 6.45) is 2.35. The number of fused-ring (bicyclic) bond motifs is 1. The zero-order valence-corrected chi connectivity index (χ0v) is 24.4. The molecule has 8 nitrogen and oxygen atoms in total. The third-order valence-electron chi connectivity index (χ3n) is 7.97. The van der Waals surface area contributed by atoms with Crippen LogP contribution in [-0.2, 0) is 28.4 Å². The van der Waals surface area contributed by atoms with Crippen molar-refractivity contribution in [1.82, 2.24) is 10.1 Å². The predicted molar refractivity (Wildman–Crippen MR) is 146 cm³/mol. The molecule has 1 aliphatic heterocycles. The van der Waals surface area contributed by atoms with Crippen molar-refractivity contribution in [3.63, 3.8) is 0 Å². The van der Waals surface area contributed by atoms with E-state index in [2.05, 4.69) is 21.8 Å². The zero-order valence-electron chi connectivity index (χ0n) is 23.6. The van der Waals surface area contributed by atoms with Gasteiger partial charge in [0.05, 0.1) is 18.0 Å². The summed E-state index contributed by atoms with van der Waals surface area (Å²) in [5.41, 5.74) is 3.55. The van der Waals surface area contributed by atoms with Crippen LogP contribution in [0.2, 0.25) is 0 Å². The topological polar surface area (TPSA) is 98.8 Å². The van der Waals surface area contributed by atoms with E-state index in [0.717, 1.165) is 29.7 Å². The molecule has 1 fully saturated rings. The molecule has 2 aliphatic rings. The Morgan fingerprint density at radius 1 is 1.20 bits per heavy atom. The van der Waals surface area contributed by atoms with Gasteiger partial charge in [0.2, 0.25) is 11.8 Å². The second-order valence-electron chi connectivity index (χ2n) is 12.2. The molecule has 2 aromatic heterocycles. The first kappa shape index (κ1) is 28.5. The van der Waals surface area contributed by atoms with E-state index in [-0.39, 0.29) is 47.5 Å². The zero-order chi connectivity index (χ0) is 28.9. The van der Waals surface area contributed by atoms with Gasteiger partial charge in [-0.1, -0.05) is 32.0 Å². The van der Waals surface area contributed by atoms with E-state index >= 15 is 0 Å². The number of aromatic nitrogens is 2. The van der Waals surface area contributed by atoms with Gasteiger partial charge < -0.3 is 14.2 Å². The van der Waals surface area contributed by atoms with Crippen molar-refractivity contribution in [1.29, 1.82) is 0 Å². The van der Waals surface area contributed by atoms with E-state index in [1.807, 2.05) is 32.9 Å². The third kappa shape index (κ3) is 6.00. The van der Waals surface area contributed by atoms with Crippen LogP contribution < -0.4 is 14.4 Å². The van der Waals surface area contributed by atoms with E-state index in [4.69, 9.17) is 9.26 Å². The lowest BCUT2D eigenvalue weighted by molar-refractivity contribution is -0.945. The Balaban J connectivity index is 1.24. The smallest absolute Gasteiger partial charge is 0.263 e. The molecule has 40 heavy (non-hydrogen) atoms. The summed E-state index contributed by atoms with van der Waals surface area (Å²) in [7, 11) is -3.86. The van der Waals surface area contributed by atoms with Crippen molar-refractivity contribution in [3.05, 3.63) is 64.5 Å². The monoisotopic (exact) mass is 575 g/mol. The van der Waals surface area contributed by atoms with Gasteiger partial charge in [-0.05, 0) is 37.6 Å². The van der Waals surface area contributed by atoms with E-state index in [0.29, 0.717) is 23.7 Å². The van der Waals surface area contributed by atoms with Gasteiger partial charge >= 0.3 is 0 Å². The Bertz CT molecular complexity index is 1470. The van der Waals surface area contributed by atoms with Gasteiger partial charge in [-0.3, -0.25) is 4.72 Å².